The molecule has 37 heavy (non-hydrogen) atoms. The number of H-pyrrole nitrogens is 1. The van der Waals surface area contributed by atoms with Crippen LogP contribution in [-0.2, 0) is 6.54 Å². The summed E-state index contributed by atoms with van der Waals surface area (Å²) in [6, 6.07) is 16.0. The first-order valence-electron chi connectivity index (χ1n) is 13.1. The minimum absolute atomic E-state index is 0.102. The van der Waals surface area contributed by atoms with Crippen LogP contribution in [0, 0.1) is 5.92 Å². The van der Waals surface area contributed by atoms with Gasteiger partial charge >= 0.3 is 5.69 Å². The van der Waals surface area contributed by atoms with E-state index in [1.165, 1.54) is 23.8 Å². The minimum Gasteiger partial charge on any atom is -0.288 e. The van der Waals surface area contributed by atoms with E-state index >= 15 is 0 Å². The van der Waals surface area contributed by atoms with E-state index < -0.39 is 0 Å². The number of carbonyl (C=O) groups is 1. The number of hydrogen-bond donors (Lipinski definition) is 1. The molecule has 0 aliphatic heterocycles. The van der Waals surface area contributed by atoms with Crippen molar-refractivity contribution in [1.82, 2.24) is 29.8 Å². The molecular formula is C29H32N6O2. The second-order valence-electron chi connectivity index (χ2n) is 9.68. The third-order valence-corrected chi connectivity index (χ3v) is 7.11. The molecule has 8 nitrogen and oxygen atoms in total. The number of tetrazole rings is 1. The molecule has 1 aliphatic carbocycles. The molecule has 190 valence electrons. The highest BCUT2D eigenvalue weighted by Crippen LogP contribution is 2.30. The zero-order chi connectivity index (χ0) is 25.6. The van der Waals surface area contributed by atoms with Gasteiger partial charge in [0.05, 0.1) is 12.2 Å². The molecule has 1 aliphatic rings. The second kappa shape index (κ2) is 11.3. The molecule has 0 bridgehead atoms. The van der Waals surface area contributed by atoms with Gasteiger partial charge in [-0.05, 0) is 53.2 Å². The van der Waals surface area contributed by atoms with Crippen LogP contribution in [0.1, 0.15) is 67.9 Å². The van der Waals surface area contributed by atoms with Crippen molar-refractivity contribution in [3.63, 3.8) is 0 Å². The SMILES string of the molecule is CC/C=C/c1cn(C(=O)CC2CCCCC2)c(=O)n1Cc1ccc(-c2ccccc2-c2nn[nH]n2)cc1. The largest absolute Gasteiger partial charge is 0.335 e. The number of hydrogen-bond acceptors (Lipinski definition) is 5. The zero-order valence-electron chi connectivity index (χ0n) is 21.1. The van der Waals surface area contributed by atoms with Crippen molar-refractivity contribution in [3.05, 3.63) is 82.5 Å². The van der Waals surface area contributed by atoms with Crippen molar-refractivity contribution in [2.24, 2.45) is 5.92 Å². The van der Waals surface area contributed by atoms with Gasteiger partial charge in [0, 0.05) is 18.2 Å². The van der Waals surface area contributed by atoms with Gasteiger partial charge in [0.1, 0.15) is 0 Å². The minimum atomic E-state index is -0.275. The highest BCUT2D eigenvalue weighted by atomic mass is 16.2. The number of nitrogens with zero attached hydrogens (tertiary/aromatic N) is 5. The summed E-state index contributed by atoms with van der Waals surface area (Å²) in [6.07, 6.45) is 12.7. The molecule has 4 aromatic rings. The maximum Gasteiger partial charge on any atom is 0.335 e. The molecule has 1 N–H and O–H groups in total. The first-order valence-corrected chi connectivity index (χ1v) is 13.1. The second-order valence-corrected chi connectivity index (χ2v) is 9.68. The summed E-state index contributed by atoms with van der Waals surface area (Å²) in [5, 5.41) is 14.4. The smallest absolute Gasteiger partial charge is 0.288 e. The molecule has 0 spiro atoms. The van der Waals surface area contributed by atoms with E-state index in [-0.39, 0.29) is 11.6 Å². The number of allylic oxidation sites excluding steroid dienone is 1. The summed E-state index contributed by atoms with van der Waals surface area (Å²) >= 11 is 0. The first-order chi connectivity index (χ1) is 18.1. The number of benzene rings is 2. The van der Waals surface area contributed by atoms with Crippen molar-refractivity contribution in [2.45, 2.75) is 58.4 Å². The number of rotatable bonds is 8. The zero-order valence-corrected chi connectivity index (χ0v) is 21.1. The average molecular weight is 497 g/mol. The summed E-state index contributed by atoms with van der Waals surface area (Å²) in [4.78, 5) is 26.4. The van der Waals surface area contributed by atoms with Gasteiger partial charge in [-0.15, -0.1) is 10.2 Å². The standard InChI is InChI=1S/C29H32N6O2/c1-2-3-11-24-20-35(27(36)18-21-9-5-4-6-10-21)29(37)34(24)19-22-14-16-23(17-15-22)25-12-7-8-13-26(25)28-30-32-33-31-28/h3,7-8,11-17,20-21H,2,4-6,9-10,18-19H2,1H3,(H,30,31,32,33)/b11-3+. The lowest BCUT2D eigenvalue weighted by Crippen LogP contribution is -2.30. The molecule has 5 rings (SSSR count). The molecule has 0 radical (unpaired) electrons. The molecule has 2 aromatic carbocycles. The maximum atomic E-state index is 13.4. The van der Waals surface area contributed by atoms with Crippen molar-refractivity contribution in [3.8, 4) is 22.5 Å². The topological polar surface area (TPSA) is 98.5 Å². The molecule has 0 saturated heterocycles. The predicted octanol–water partition coefficient (Wildman–Crippen LogP) is 5.58. The van der Waals surface area contributed by atoms with Crippen LogP contribution in [0.4, 0.5) is 0 Å². The van der Waals surface area contributed by atoms with Gasteiger partial charge in [0.15, 0.2) is 0 Å². The van der Waals surface area contributed by atoms with Crippen LogP contribution in [0.5, 0.6) is 0 Å². The molecule has 0 atom stereocenters. The summed E-state index contributed by atoms with van der Waals surface area (Å²) in [7, 11) is 0. The van der Waals surface area contributed by atoms with E-state index in [9.17, 15) is 9.59 Å². The van der Waals surface area contributed by atoms with Crippen molar-refractivity contribution in [1.29, 1.82) is 0 Å². The quantitative estimate of drug-likeness (QED) is 0.343. The Morgan fingerprint density at radius 2 is 1.81 bits per heavy atom. The fourth-order valence-corrected chi connectivity index (χ4v) is 5.12. The number of nitrogens with one attached hydrogen (secondary N) is 1. The Morgan fingerprint density at radius 1 is 1.05 bits per heavy atom. The highest BCUT2D eigenvalue weighted by Gasteiger charge is 2.21. The number of carbonyl (C=O) groups excluding carboxylic acids is 1. The van der Waals surface area contributed by atoms with Crippen molar-refractivity contribution < 1.29 is 4.79 Å². The third-order valence-electron chi connectivity index (χ3n) is 7.11. The normalized spacial score (nSPS) is 14.4. The van der Waals surface area contributed by atoms with E-state index in [4.69, 9.17) is 0 Å². The van der Waals surface area contributed by atoms with Gasteiger partial charge in [-0.2, -0.15) is 5.21 Å². The van der Waals surface area contributed by atoms with Crippen LogP contribution in [-0.4, -0.2) is 35.7 Å². The van der Waals surface area contributed by atoms with E-state index in [0.29, 0.717) is 24.7 Å². The Bertz CT molecular complexity index is 1420. The summed E-state index contributed by atoms with van der Waals surface area (Å²) in [5.41, 5.74) is 4.35. The highest BCUT2D eigenvalue weighted by molar-refractivity contribution is 5.80. The predicted molar refractivity (Wildman–Crippen MR) is 144 cm³/mol. The lowest BCUT2D eigenvalue weighted by atomic mass is 9.87. The van der Waals surface area contributed by atoms with Crippen LogP contribution in [0.15, 0.2) is 65.6 Å². The van der Waals surface area contributed by atoms with Crippen LogP contribution < -0.4 is 5.69 Å². The Labute approximate surface area is 216 Å². The molecule has 1 fully saturated rings. The van der Waals surface area contributed by atoms with Gasteiger partial charge in [0.2, 0.25) is 11.7 Å². The lowest BCUT2D eigenvalue weighted by Gasteiger charge is -2.20. The fraction of sp³-hybridized carbons (Fsp3) is 0.345. The molecule has 8 heteroatoms. The maximum absolute atomic E-state index is 13.4. The molecule has 0 amide bonds. The first kappa shape index (κ1) is 24.6. The van der Waals surface area contributed by atoms with Gasteiger partial charge < -0.3 is 0 Å². The summed E-state index contributed by atoms with van der Waals surface area (Å²) in [6.45, 7) is 2.44. The number of aromatic amines is 1. The van der Waals surface area contributed by atoms with E-state index in [0.717, 1.165) is 47.2 Å². The summed E-state index contributed by atoms with van der Waals surface area (Å²) < 4.78 is 3.01. The summed E-state index contributed by atoms with van der Waals surface area (Å²) in [5.74, 6) is 0.821. The van der Waals surface area contributed by atoms with E-state index in [1.807, 2.05) is 60.7 Å². The number of aromatic nitrogens is 6. The van der Waals surface area contributed by atoms with Crippen LogP contribution in [0.25, 0.3) is 28.6 Å². The monoisotopic (exact) mass is 496 g/mol. The Morgan fingerprint density at radius 3 is 2.51 bits per heavy atom. The molecule has 2 aromatic heterocycles. The fourth-order valence-electron chi connectivity index (χ4n) is 5.12. The van der Waals surface area contributed by atoms with Gasteiger partial charge in [0.25, 0.3) is 0 Å². The molecular weight excluding hydrogens is 464 g/mol. The van der Waals surface area contributed by atoms with Crippen LogP contribution in [0.2, 0.25) is 0 Å². The van der Waals surface area contributed by atoms with Crippen molar-refractivity contribution in [2.75, 3.05) is 0 Å². The van der Waals surface area contributed by atoms with Gasteiger partial charge in [-0.25, -0.2) is 9.36 Å². The van der Waals surface area contributed by atoms with Crippen LogP contribution in [0.3, 0.4) is 0 Å². The molecule has 2 heterocycles. The van der Waals surface area contributed by atoms with Crippen molar-refractivity contribution >= 4 is 12.0 Å². The van der Waals surface area contributed by atoms with Gasteiger partial charge in [-0.3, -0.25) is 9.36 Å². The lowest BCUT2D eigenvalue weighted by molar-refractivity contribution is 0.0863. The third kappa shape index (κ3) is 5.53. The Balaban J connectivity index is 1.40. The van der Waals surface area contributed by atoms with Crippen LogP contribution >= 0.6 is 0 Å². The average Bonchev–Trinajstić information content (AvgIpc) is 3.57. The molecule has 1 saturated carbocycles. The van der Waals surface area contributed by atoms with E-state index in [1.54, 1.807) is 10.8 Å². The number of imidazole rings is 1. The Hall–Kier alpha value is -4.07. The Kier molecular flexibility index (Phi) is 7.54. The van der Waals surface area contributed by atoms with Gasteiger partial charge in [-0.1, -0.05) is 80.8 Å². The molecule has 0 unspecified atom stereocenters. The van der Waals surface area contributed by atoms with E-state index in [2.05, 4.69) is 27.5 Å².